The molecule has 0 aliphatic heterocycles. The zero-order valence-electron chi connectivity index (χ0n) is 14.3. The number of rotatable bonds is 2. The summed E-state index contributed by atoms with van der Waals surface area (Å²) in [6, 6.07) is 17.0. The number of hydrogen-bond acceptors (Lipinski definition) is 4. The highest BCUT2D eigenvalue weighted by Gasteiger charge is 2.15. The molecule has 3 aromatic carbocycles. The molecule has 136 valence electrons. The van der Waals surface area contributed by atoms with Crippen molar-refractivity contribution in [1.82, 2.24) is 9.71 Å². The Morgan fingerprint density at radius 2 is 1.57 bits per heavy atom. The van der Waals surface area contributed by atoms with Gasteiger partial charge in [-0.2, -0.15) is 4.73 Å². The number of aromatic nitrogens is 2. The average molecular weight is 373 g/mol. The van der Waals surface area contributed by atoms with Gasteiger partial charge in [-0.15, -0.1) is 0 Å². The zero-order valence-corrected chi connectivity index (χ0v) is 14.3. The molecule has 0 aliphatic carbocycles. The topological polar surface area (TPSA) is 81.2 Å². The van der Waals surface area contributed by atoms with E-state index >= 15 is 0 Å². The minimum atomic E-state index is -0.527. The molecule has 0 saturated carbocycles. The molecule has 0 atom stereocenters. The molecule has 0 bridgehead atoms. The standard InChI is InChI=1S/C21H12FN3O3/c22-17-9-5-15(6-10-17)2-1-14-3-7-16(8-4-14)21-23-19-12-11-18(25(27)28)13-20(19)24(21)26/h3-13,26H. The lowest BCUT2D eigenvalue weighted by Gasteiger charge is -2.01. The number of non-ortho nitro benzene ring substituents is 1. The van der Waals surface area contributed by atoms with Crippen molar-refractivity contribution in [3.8, 4) is 23.2 Å². The van der Waals surface area contributed by atoms with Crippen LogP contribution in [0.5, 0.6) is 0 Å². The maximum absolute atomic E-state index is 12.9. The molecule has 0 fully saturated rings. The van der Waals surface area contributed by atoms with E-state index in [1.807, 2.05) is 0 Å². The van der Waals surface area contributed by atoms with Gasteiger partial charge in [0.25, 0.3) is 5.69 Å². The highest BCUT2D eigenvalue weighted by Crippen LogP contribution is 2.26. The molecular weight excluding hydrogens is 361 g/mol. The van der Waals surface area contributed by atoms with E-state index in [2.05, 4.69) is 16.8 Å². The lowest BCUT2D eigenvalue weighted by Crippen LogP contribution is -1.95. The number of nitrogens with zero attached hydrogens (tertiary/aromatic N) is 3. The number of nitro groups is 1. The van der Waals surface area contributed by atoms with Gasteiger partial charge in [0, 0.05) is 28.8 Å². The maximum atomic E-state index is 12.9. The van der Waals surface area contributed by atoms with Gasteiger partial charge in [-0.05, 0) is 54.6 Å². The summed E-state index contributed by atoms with van der Waals surface area (Å²) in [6.07, 6.45) is 0. The lowest BCUT2D eigenvalue weighted by molar-refractivity contribution is -0.384. The van der Waals surface area contributed by atoms with Gasteiger partial charge in [0.2, 0.25) is 0 Å². The summed E-state index contributed by atoms with van der Waals surface area (Å²) in [7, 11) is 0. The van der Waals surface area contributed by atoms with Crippen LogP contribution in [0.25, 0.3) is 22.4 Å². The Labute approximate surface area is 158 Å². The van der Waals surface area contributed by atoms with Gasteiger partial charge in [0.1, 0.15) is 11.3 Å². The molecule has 1 N–H and O–H groups in total. The number of fused-ring (bicyclic) bond motifs is 1. The Bertz CT molecular complexity index is 1250. The largest absolute Gasteiger partial charge is 0.426 e. The van der Waals surface area contributed by atoms with Crippen molar-refractivity contribution < 1.29 is 14.5 Å². The first-order chi connectivity index (χ1) is 13.5. The predicted molar refractivity (Wildman–Crippen MR) is 101 cm³/mol. The van der Waals surface area contributed by atoms with E-state index in [1.165, 1.54) is 30.3 Å². The molecule has 1 aromatic heterocycles. The van der Waals surface area contributed by atoms with E-state index < -0.39 is 4.92 Å². The zero-order chi connectivity index (χ0) is 19.7. The summed E-state index contributed by atoms with van der Waals surface area (Å²) in [5, 5.41) is 21.3. The van der Waals surface area contributed by atoms with Crippen LogP contribution in [-0.4, -0.2) is 19.8 Å². The minimum Gasteiger partial charge on any atom is -0.426 e. The number of imidazole rings is 1. The quantitative estimate of drug-likeness (QED) is 0.245. The molecule has 4 aromatic rings. The molecule has 4 rings (SSSR count). The van der Waals surface area contributed by atoms with Crippen LogP contribution < -0.4 is 0 Å². The van der Waals surface area contributed by atoms with Crippen molar-refractivity contribution in [2.24, 2.45) is 0 Å². The fourth-order valence-electron chi connectivity index (χ4n) is 2.73. The van der Waals surface area contributed by atoms with Crippen molar-refractivity contribution in [1.29, 1.82) is 0 Å². The number of benzene rings is 3. The third-order valence-electron chi connectivity index (χ3n) is 4.16. The van der Waals surface area contributed by atoms with Crippen molar-refractivity contribution in [3.05, 3.63) is 93.8 Å². The fraction of sp³-hybridized carbons (Fsp3) is 0. The molecule has 0 spiro atoms. The summed E-state index contributed by atoms with van der Waals surface area (Å²) in [6.45, 7) is 0. The second-order valence-electron chi connectivity index (χ2n) is 6.01. The summed E-state index contributed by atoms with van der Waals surface area (Å²) < 4.78 is 13.8. The molecule has 1 heterocycles. The van der Waals surface area contributed by atoms with Crippen LogP contribution in [-0.2, 0) is 0 Å². The molecule has 28 heavy (non-hydrogen) atoms. The second-order valence-corrected chi connectivity index (χ2v) is 6.01. The number of nitro benzene ring substituents is 1. The van der Waals surface area contributed by atoms with Gasteiger partial charge in [0.15, 0.2) is 5.82 Å². The van der Waals surface area contributed by atoms with Crippen LogP contribution in [0.3, 0.4) is 0 Å². The van der Waals surface area contributed by atoms with Crippen LogP contribution in [0.1, 0.15) is 11.1 Å². The van der Waals surface area contributed by atoms with Crippen molar-refractivity contribution in [2.45, 2.75) is 0 Å². The molecule has 6 nitrogen and oxygen atoms in total. The Kier molecular flexibility index (Phi) is 4.22. The number of halogens is 1. The third-order valence-corrected chi connectivity index (χ3v) is 4.16. The molecular formula is C21H12FN3O3. The van der Waals surface area contributed by atoms with E-state index in [0.29, 0.717) is 16.6 Å². The minimum absolute atomic E-state index is 0.124. The fourth-order valence-corrected chi connectivity index (χ4v) is 2.73. The Morgan fingerprint density at radius 1 is 0.964 bits per heavy atom. The van der Waals surface area contributed by atoms with Gasteiger partial charge in [0.05, 0.1) is 10.4 Å². The van der Waals surface area contributed by atoms with Gasteiger partial charge in [-0.3, -0.25) is 10.1 Å². The van der Waals surface area contributed by atoms with E-state index in [0.717, 1.165) is 10.3 Å². The maximum Gasteiger partial charge on any atom is 0.271 e. The summed E-state index contributed by atoms with van der Waals surface area (Å²) in [4.78, 5) is 14.7. The summed E-state index contributed by atoms with van der Waals surface area (Å²) in [5.41, 5.74) is 2.65. The molecule has 0 aliphatic rings. The molecule has 7 heteroatoms. The van der Waals surface area contributed by atoms with Crippen molar-refractivity contribution in [3.63, 3.8) is 0 Å². The highest BCUT2D eigenvalue weighted by atomic mass is 19.1. The van der Waals surface area contributed by atoms with Crippen LogP contribution in [0.2, 0.25) is 0 Å². The summed E-state index contributed by atoms with van der Waals surface area (Å²) >= 11 is 0. The lowest BCUT2D eigenvalue weighted by atomic mass is 10.1. The average Bonchev–Trinajstić information content (AvgIpc) is 3.04. The third kappa shape index (κ3) is 3.27. The molecule has 0 unspecified atom stereocenters. The van der Waals surface area contributed by atoms with Gasteiger partial charge >= 0.3 is 0 Å². The van der Waals surface area contributed by atoms with E-state index in [4.69, 9.17) is 0 Å². The van der Waals surface area contributed by atoms with E-state index in [9.17, 15) is 19.7 Å². The Balaban J connectivity index is 1.65. The van der Waals surface area contributed by atoms with Crippen molar-refractivity contribution >= 4 is 16.7 Å². The van der Waals surface area contributed by atoms with Crippen molar-refractivity contribution in [2.75, 3.05) is 0 Å². The van der Waals surface area contributed by atoms with Crippen LogP contribution in [0, 0.1) is 27.8 Å². The first-order valence-electron chi connectivity index (χ1n) is 8.25. The summed E-state index contributed by atoms with van der Waals surface area (Å²) in [5.74, 6) is 5.89. The number of hydrogen-bond donors (Lipinski definition) is 1. The normalized spacial score (nSPS) is 10.5. The molecule has 0 amide bonds. The highest BCUT2D eigenvalue weighted by molar-refractivity contribution is 5.82. The second kappa shape index (κ2) is 6.85. The smallest absolute Gasteiger partial charge is 0.271 e. The Hall–Kier alpha value is -4.18. The van der Waals surface area contributed by atoms with E-state index in [-0.39, 0.29) is 22.8 Å². The Morgan fingerprint density at radius 3 is 2.18 bits per heavy atom. The molecule has 0 saturated heterocycles. The van der Waals surface area contributed by atoms with E-state index in [1.54, 1.807) is 36.4 Å². The van der Waals surface area contributed by atoms with Gasteiger partial charge in [-0.1, -0.05) is 11.8 Å². The van der Waals surface area contributed by atoms with Crippen LogP contribution >= 0.6 is 0 Å². The first kappa shape index (κ1) is 17.2. The van der Waals surface area contributed by atoms with Gasteiger partial charge < -0.3 is 5.21 Å². The van der Waals surface area contributed by atoms with Gasteiger partial charge in [-0.25, -0.2) is 9.37 Å². The first-order valence-corrected chi connectivity index (χ1v) is 8.25. The predicted octanol–water partition coefficient (Wildman–Crippen LogP) is 4.39. The monoisotopic (exact) mass is 373 g/mol. The van der Waals surface area contributed by atoms with Crippen LogP contribution in [0.4, 0.5) is 10.1 Å². The molecule has 0 radical (unpaired) electrons. The SMILES string of the molecule is O=[N+]([O-])c1ccc2nc(-c3ccc(C#Cc4ccc(F)cc4)cc3)n(O)c2c1. The van der Waals surface area contributed by atoms with Crippen LogP contribution in [0.15, 0.2) is 66.7 Å².